The van der Waals surface area contributed by atoms with Gasteiger partial charge in [-0.25, -0.2) is 9.97 Å². The van der Waals surface area contributed by atoms with Crippen LogP contribution in [0.15, 0.2) is 47.1 Å². The molecule has 0 radical (unpaired) electrons. The fourth-order valence-electron chi connectivity index (χ4n) is 2.69. The monoisotopic (exact) mass is 327 g/mol. The van der Waals surface area contributed by atoms with Gasteiger partial charge in [0.2, 0.25) is 5.91 Å². The zero-order valence-corrected chi connectivity index (χ0v) is 13.4. The Morgan fingerprint density at radius 2 is 2.18 bits per heavy atom. The van der Waals surface area contributed by atoms with E-state index in [0.29, 0.717) is 5.75 Å². The maximum atomic E-state index is 12.5. The second-order valence-electron chi connectivity index (χ2n) is 5.03. The van der Waals surface area contributed by atoms with E-state index in [0.717, 1.165) is 33.9 Å². The lowest BCUT2D eigenvalue weighted by molar-refractivity contribution is -0.116. The molecule has 0 aliphatic carbocycles. The highest BCUT2D eigenvalue weighted by atomic mass is 32.2. The Balaban J connectivity index is 1.51. The fourth-order valence-corrected chi connectivity index (χ4v) is 4.34. The van der Waals surface area contributed by atoms with Crippen LogP contribution in [0.25, 0.3) is 10.2 Å². The summed E-state index contributed by atoms with van der Waals surface area (Å²) < 4.78 is 0. The molecule has 4 nitrogen and oxygen atoms in total. The fraction of sp³-hybridized carbons (Fsp3) is 0.188. The zero-order valence-electron chi connectivity index (χ0n) is 11.7. The van der Waals surface area contributed by atoms with Crippen LogP contribution in [0.2, 0.25) is 0 Å². The van der Waals surface area contributed by atoms with Crippen molar-refractivity contribution < 1.29 is 4.79 Å². The van der Waals surface area contributed by atoms with Gasteiger partial charge in [-0.15, -0.1) is 11.3 Å². The van der Waals surface area contributed by atoms with Crippen molar-refractivity contribution in [3.63, 3.8) is 0 Å². The molecular weight excluding hydrogens is 314 g/mol. The number of amides is 1. The second-order valence-corrected chi connectivity index (χ2v) is 6.89. The van der Waals surface area contributed by atoms with Crippen LogP contribution >= 0.6 is 23.1 Å². The van der Waals surface area contributed by atoms with Gasteiger partial charge in [-0.2, -0.15) is 0 Å². The molecule has 0 fully saturated rings. The second kappa shape index (κ2) is 5.70. The van der Waals surface area contributed by atoms with Gasteiger partial charge in [0.25, 0.3) is 0 Å². The molecule has 0 N–H and O–H groups in total. The minimum absolute atomic E-state index is 0.136. The van der Waals surface area contributed by atoms with Crippen LogP contribution in [0.3, 0.4) is 0 Å². The normalized spacial score (nSPS) is 13.5. The third-order valence-electron chi connectivity index (χ3n) is 3.75. The van der Waals surface area contributed by atoms with E-state index in [4.69, 9.17) is 0 Å². The van der Waals surface area contributed by atoms with Gasteiger partial charge >= 0.3 is 0 Å². The topological polar surface area (TPSA) is 46.1 Å². The summed E-state index contributed by atoms with van der Waals surface area (Å²) in [5.74, 6) is 0.535. The number of carbonyl (C=O) groups excluding carboxylic acids is 1. The van der Waals surface area contributed by atoms with Gasteiger partial charge < -0.3 is 4.90 Å². The molecule has 22 heavy (non-hydrogen) atoms. The first-order chi connectivity index (χ1) is 10.8. The predicted molar refractivity (Wildman–Crippen MR) is 90.6 cm³/mol. The number of anilines is 1. The van der Waals surface area contributed by atoms with Crippen LogP contribution in [0.4, 0.5) is 5.69 Å². The van der Waals surface area contributed by atoms with E-state index in [1.165, 1.54) is 17.3 Å². The molecule has 0 atom stereocenters. The van der Waals surface area contributed by atoms with E-state index in [1.54, 1.807) is 17.7 Å². The maximum Gasteiger partial charge on any atom is 0.237 e. The van der Waals surface area contributed by atoms with Gasteiger partial charge in [-0.05, 0) is 29.5 Å². The molecule has 0 spiro atoms. The van der Waals surface area contributed by atoms with E-state index < -0.39 is 0 Å². The lowest BCUT2D eigenvalue weighted by Gasteiger charge is -2.16. The van der Waals surface area contributed by atoms with Crippen LogP contribution < -0.4 is 4.90 Å². The smallest absolute Gasteiger partial charge is 0.237 e. The summed E-state index contributed by atoms with van der Waals surface area (Å²) in [6.45, 7) is 0.774. The highest BCUT2D eigenvalue weighted by molar-refractivity contribution is 8.00. The Morgan fingerprint density at radius 1 is 1.27 bits per heavy atom. The van der Waals surface area contributed by atoms with Crippen molar-refractivity contribution in [2.75, 3.05) is 17.2 Å². The number of para-hydroxylation sites is 1. The van der Waals surface area contributed by atoms with Crippen molar-refractivity contribution in [3.8, 4) is 0 Å². The Labute approximate surface area is 136 Å². The van der Waals surface area contributed by atoms with E-state index in [-0.39, 0.29) is 5.91 Å². The van der Waals surface area contributed by atoms with Crippen LogP contribution in [0.1, 0.15) is 5.56 Å². The average molecular weight is 327 g/mol. The third-order valence-corrected chi connectivity index (χ3v) is 5.56. The molecule has 1 aliphatic heterocycles. The number of hydrogen-bond donors (Lipinski definition) is 0. The van der Waals surface area contributed by atoms with Crippen LogP contribution in [-0.2, 0) is 11.2 Å². The van der Waals surface area contributed by atoms with Crippen molar-refractivity contribution in [1.29, 1.82) is 0 Å². The minimum atomic E-state index is 0.136. The van der Waals surface area contributed by atoms with E-state index in [2.05, 4.69) is 16.0 Å². The first-order valence-electron chi connectivity index (χ1n) is 7.02. The molecule has 1 aromatic carbocycles. The van der Waals surface area contributed by atoms with Crippen LogP contribution in [-0.4, -0.2) is 28.2 Å². The highest BCUT2D eigenvalue weighted by Gasteiger charge is 2.24. The summed E-state index contributed by atoms with van der Waals surface area (Å²) in [4.78, 5) is 23.9. The number of hydrogen-bond acceptors (Lipinski definition) is 5. The van der Waals surface area contributed by atoms with Crippen LogP contribution in [0, 0.1) is 0 Å². The zero-order chi connectivity index (χ0) is 14.9. The number of fused-ring (bicyclic) bond motifs is 2. The Morgan fingerprint density at radius 3 is 3.14 bits per heavy atom. The Bertz CT molecular complexity index is 846. The SMILES string of the molecule is O=C(CSc1ncnc2sccc12)N1CCc2ccccc21. The molecule has 0 saturated carbocycles. The van der Waals surface area contributed by atoms with Gasteiger partial charge in [-0.3, -0.25) is 4.79 Å². The quantitative estimate of drug-likeness (QED) is 0.546. The summed E-state index contributed by atoms with van der Waals surface area (Å²) in [6, 6.07) is 10.1. The van der Waals surface area contributed by atoms with E-state index in [9.17, 15) is 4.79 Å². The number of carbonyl (C=O) groups is 1. The standard InChI is InChI=1S/C16H13N3OS2/c20-14(19-7-5-11-3-1-2-4-13(11)19)9-22-16-12-6-8-21-15(12)17-10-18-16/h1-4,6,8,10H,5,7,9H2. The third kappa shape index (κ3) is 2.38. The minimum Gasteiger partial charge on any atom is -0.311 e. The van der Waals surface area contributed by atoms with E-state index in [1.807, 2.05) is 34.5 Å². The van der Waals surface area contributed by atoms with Crippen molar-refractivity contribution in [1.82, 2.24) is 9.97 Å². The summed E-state index contributed by atoms with van der Waals surface area (Å²) >= 11 is 3.08. The van der Waals surface area contributed by atoms with Crippen molar-refractivity contribution in [2.45, 2.75) is 11.4 Å². The number of rotatable bonds is 3. The largest absolute Gasteiger partial charge is 0.311 e. The van der Waals surface area contributed by atoms with Gasteiger partial charge in [0.05, 0.1) is 5.75 Å². The first-order valence-corrected chi connectivity index (χ1v) is 8.89. The first kappa shape index (κ1) is 13.7. The molecule has 3 aromatic rings. The molecule has 4 rings (SSSR count). The number of thioether (sulfide) groups is 1. The molecule has 0 bridgehead atoms. The maximum absolute atomic E-state index is 12.5. The average Bonchev–Trinajstić information content (AvgIpc) is 3.19. The molecule has 0 saturated heterocycles. The van der Waals surface area contributed by atoms with Crippen molar-refractivity contribution >= 4 is 44.9 Å². The van der Waals surface area contributed by atoms with Gasteiger partial charge in [-0.1, -0.05) is 30.0 Å². The molecular formula is C16H13N3OS2. The van der Waals surface area contributed by atoms with Crippen molar-refractivity contribution in [3.05, 3.63) is 47.6 Å². The number of aromatic nitrogens is 2. The predicted octanol–water partition coefficient (Wildman–Crippen LogP) is 3.37. The molecule has 3 heterocycles. The lowest BCUT2D eigenvalue weighted by atomic mass is 10.2. The molecule has 0 unspecified atom stereocenters. The van der Waals surface area contributed by atoms with E-state index >= 15 is 0 Å². The summed E-state index contributed by atoms with van der Waals surface area (Å²) in [5, 5.41) is 3.92. The summed E-state index contributed by atoms with van der Waals surface area (Å²) in [7, 11) is 0. The molecule has 6 heteroatoms. The Hall–Kier alpha value is -1.92. The number of nitrogens with zero attached hydrogens (tertiary/aromatic N) is 3. The summed E-state index contributed by atoms with van der Waals surface area (Å²) in [6.07, 6.45) is 2.51. The molecule has 1 amide bonds. The molecule has 110 valence electrons. The van der Waals surface area contributed by atoms with Gasteiger partial charge in [0, 0.05) is 17.6 Å². The Kier molecular flexibility index (Phi) is 3.56. The highest BCUT2D eigenvalue weighted by Crippen LogP contribution is 2.30. The van der Waals surface area contributed by atoms with Crippen molar-refractivity contribution in [2.24, 2.45) is 0 Å². The molecule has 1 aliphatic rings. The van der Waals surface area contributed by atoms with Gasteiger partial charge in [0.1, 0.15) is 16.2 Å². The summed E-state index contributed by atoms with van der Waals surface area (Å²) in [5.41, 5.74) is 2.31. The molecule has 2 aromatic heterocycles. The van der Waals surface area contributed by atoms with Gasteiger partial charge in [0.15, 0.2) is 0 Å². The van der Waals surface area contributed by atoms with Crippen LogP contribution in [0.5, 0.6) is 0 Å². The number of benzene rings is 1. The lowest BCUT2D eigenvalue weighted by Crippen LogP contribution is -2.30. The number of thiophene rings is 1.